The van der Waals surface area contributed by atoms with Crippen LogP contribution in [-0.4, -0.2) is 17.3 Å². The molecule has 0 spiro atoms. The average Bonchev–Trinajstić information content (AvgIpc) is 3.08. The molecule has 0 saturated heterocycles. The highest BCUT2D eigenvalue weighted by Gasteiger charge is 2.17. The number of nitrogens with one attached hydrogen (secondary N) is 3. The highest BCUT2D eigenvalue weighted by molar-refractivity contribution is 6.04. The van der Waals surface area contributed by atoms with Gasteiger partial charge < -0.3 is 15.6 Å². The standard InChI is InChI=1S/C18H13F2N3O2/c1-2-16(25)23-10-7-13(17(20)14(19)8-10)11-3-4-15(22-9-24)18-12(11)5-6-21-18/h2-9,21H,1H2,(H,22,24)(H,23,25). The van der Waals surface area contributed by atoms with E-state index in [1.807, 2.05) is 0 Å². The molecule has 1 aromatic heterocycles. The van der Waals surface area contributed by atoms with Crippen LogP contribution in [0, 0.1) is 11.6 Å². The number of aromatic nitrogens is 1. The molecule has 5 nitrogen and oxygen atoms in total. The van der Waals surface area contributed by atoms with E-state index in [0.717, 1.165) is 12.1 Å². The van der Waals surface area contributed by atoms with Gasteiger partial charge in [0.25, 0.3) is 0 Å². The Morgan fingerprint density at radius 3 is 2.68 bits per heavy atom. The van der Waals surface area contributed by atoms with Gasteiger partial charge in [-0.2, -0.15) is 0 Å². The van der Waals surface area contributed by atoms with Gasteiger partial charge in [0.05, 0.1) is 11.2 Å². The fraction of sp³-hybridized carbons (Fsp3) is 0. The highest BCUT2D eigenvalue weighted by Crippen LogP contribution is 2.36. The van der Waals surface area contributed by atoms with Crippen LogP contribution in [0.4, 0.5) is 20.2 Å². The van der Waals surface area contributed by atoms with Crippen LogP contribution < -0.4 is 10.6 Å². The van der Waals surface area contributed by atoms with Crippen LogP contribution >= 0.6 is 0 Å². The SMILES string of the molecule is C=CC(=O)Nc1cc(F)c(F)c(-c2ccc(NC=O)c3[nH]ccc23)c1. The minimum atomic E-state index is -1.09. The lowest BCUT2D eigenvalue weighted by atomic mass is 9.99. The molecule has 2 aromatic carbocycles. The van der Waals surface area contributed by atoms with Crippen LogP contribution in [-0.2, 0) is 9.59 Å². The average molecular weight is 341 g/mol. The summed E-state index contributed by atoms with van der Waals surface area (Å²) in [5.74, 6) is -2.65. The first-order valence-corrected chi connectivity index (χ1v) is 7.28. The first-order chi connectivity index (χ1) is 12.0. The molecular formula is C18H13F2N3O2. The molecule has 0 atom stereocenters. The lowest BCUT2D eigenvalue weighted by Crippen LogP contribution is -2.08. The second kappa shape index (κ2) is 6.56. The normalized spacial score (nSPS) is 10.5. The summed E-state index contributed by atoms with van der Waals surface area (Å²) in [6.45, 7) is 3.32. The Morgan fingerprint density at radius 1 is 1.16 bits per heavy atom. The third-order valence-corrected chi connectivity index (χ3v) is 3.71. The molecule has 3 N–H and O–H groups in total. The molecule has 25 heavy (non-hydrogen) atoms. The van der Waals surface area contributed by atoms with Crippen LogP contribution in [0.3, 0.4) is 0 Å². The summed E-state index contributed by atoms with van der Waals surface area (Å²) in [6.07, 6.45) is 3.19. The van der Waals surface area contributed by atoms with Gasteiger partial charge in [0.15, 0.2) is 11.6 Å². The van der Waals surface area contributed by atoms with Gasteiger partial charge in [0, 0.05) is 28.9 Å². The Labute approximate surface area is 141 Å². The molecule has 0 bridgehead atoms. The van der Waals surface area contributed by atoms with E-state index < -0.39 is 17.5 Å². The first-order valence-electron chi connectivity index (χ1n) is 7.28. The van der Waals surface area contributed by atoms with Crippen molar-refractivity contribution >= 4 is 34.6 Å². The maximum absolute atomic E-state index is 14.4. The van der Waals surface area contributed by atoms with E-state index in [1.165, 1.54) is 6.07 Å². The predicted octanol–water partition coefficient (Wildman–Crippen LogP) is 3.81. The predicted molar refractivity (Wildman–Crippen MR) is 92.2 cm³/mol. The van der Waals surface area contributed by atoms with E-state index in [9.17, 15) is 18.4 Å². The second-order valence-corrected chi connectivity index (χ2v) is 5.20. The molecule has 3 aromatic rings. The van der Waals surface area contributed by atoms with Gasteiger partial charge in [-0.25, -0.2) is 8.78 Å². The number of hydrogen-bond acceptors (Lipinski definition) is 2. The van der Waals surface area contributed by atoms with Gasteiger partial charge in [0.2, 0.25) is 12.3 Å². The smallest absolute Gasteiger partial charge is 0.247 e. The fourth-order valence-electron chi connectivity index (χ4n) is 2.63. The third kappa shape index (κ3) is 2.99. The van der Waals surface area contributed by atoms with Crippen LogP contribution in [0.15, 0.2) is 49.2 Å². The monoisotopic (exact) mass is 341 g/mol. The number of anilines is 2. The number of aromatic amines is 1. The van der Waals surface area contributed by atoms with Gasteiger partial charge in [0.1, 0.15) is 0 Å². The molecule has 0 aliphatic rings. The number of carbonyl (C=O) groups is 2. The number of fused-ring (bicyclic) bond motifs is 1. The largest absolute Gasteiger partial charge is 0.359 e. The third-order valence-electron chi connectivity index (χ3n) is 3.71. The maximum atomic E-state index is 14.4. The first kappa shape index (κ1) is 16.4. The quantitative estimate of drug-likeness (QED) is 0.488. The summed E-state index contributed by atoms with van der Waals surface area (Å²) in [6, 6.07) is 7.08. The highest BCUT2D eigenvalue weighted by atomic mass is 19.2. The van der Waals surface area contributed by atoms with Crippen molar-refractivity contribution < 1.29 is 18.4 Å². The number of carbonyl (C=O) groups excluding carboxylic acids is 2. The van der Waals surface area contributed by atoms with Crippen molar-refractivity contribution in [2.75, 3.05) is 10.6 Å². The number of rotatable bonds is 5. The van der Waals surface area contributed by atoms with E-state index in [0.29, 0.717) is 28.6 Å². The Hall–Kier alpha value is -3.48. The molecule has 0 aliphatic heterocycles. The van der Waals surface area contributed by atoms with Crippen molar-refractivity contribution in [2.24, 2.45) is 0 Å². The van der Waals surface area contributed by atoms with Crippen molar-refractivity contribution in [1.29, 1.82) is 0 Å². The van der Waals surface area contributed by atoms with Gasteiger partial charge in [-0.15, -0.1) is 0 Å². The minimum Gasteiger partial charge on any atom is -0.359 e. The molecule has 0 fully saturated rings. The topological polar surface area (TPSA) is 74.0 Å². The summed E-state index contributed by atoms with van der Waals surface area (Å²) < 4.78 is 28.4. The summed E-state index contributed by atoms with van der Waals surface area (Å²) >= 11 is 0. The van der Waals surface area contributed by atoms with Crippen molar-refractivity contribution in [2.45, 2.75) is 0 Å². The van der Waals surface area contributed by atoms with Crippen molar-refractivity contribution in [1.82, 2.24) is 4.98 Å². The van der Waals surface area contributed by atoms with Crippen molar-refractivity contribution in [3.8, 4) is 11.1 Å². The summed E-state index contributed by atoms with van der Waals surface area (Å²) in [5, 5.41) is 5.55. The van der Waals surface area contributed by atoms with E-state index in [4.69, 9.17) is 0 Å². The van der Waals surface area contributed by atoms with Crippen LogP contribution in [0.1, 0.15) is 0 Å². The lowest BCUT2D eigenvalue weighted by Gasteiger charge is -2.11. The molecule has 3 rings (SSSR count). The van der Waals surface area contributed by atoms with E-state index in [-0.39, 0.29) is 11.3 Å². The lowest BCUT2D eigenvalue weighted by molar-refractivity contribution is -0.112. The molecule has 1 heterocycles. The van der Waals surface area contributed by atoms with Crippen LogP contribution in [0.2, 0.25) is 0 Å². The molecule has 7 heteroatoms. The Balaban J connectivity index is 2.19. The Bertz CT molecular complexity index is 995. The zero-order valence-corrected chi connectivity index (χ0v) is 12.9. The molecule has 0 unspecified atom stereocenters. The molecule has 2 amide bonds. The Morgan fingerprint density at radius 2 is 1.96 bits per heavy atom. The number of amides is 2. The van der Waals surface area contributed by atoms with Crippen molar-refractivity contribution in [3.05, 3.63) is 60.8 Å². The van der Waals surface area contributed by atoms with E-state index >= 15 is 0 Å². The second-order valence-electron chi connectivity index (χ2n) is 5.20. The van der Waals surface area contributed by atoms with Gasteiger partial charge in [-0.1, -0.05) is 12.6 Å². The number of halogens is 2. The molecule has 126 valence electrons. The molecule has 0 aliphatic carbocycles. The number of hydrogen-bond donors (Lipinski definition) is 3. The zero-order valence-electron chi connectivity index (χ0n) is 12.9. The molecular weight excluding hydrogens is 328 g/mol. The van der Waals surface area contributed by atoms with Crippen LogP contribution in [0.25, 0.3) is 22.0 Å². The Kier molecular flexibility index (Phi) is 4.30. The maximum Gasteiger partial charge on any atom is 0.247 e. The van der Waals surface area contributed by atoms with Gasteiger partial charge >= 0.3 is 0 Å². The fourth-order valence-corrected chi connectivity index (χ4v) is 2.63. The molecule has 0 saturated carbocycles. The summed E-state index contributed by atoms with van der Waals surface area (Å²) in [5.41, 5.74) is 1.60. The van der Waals surface area contributed by atoms with Gasteiger partial charge in [-0.05, 0) is 29.8 Å². The summed E-state index contributed by atoms with van der Waals surface area (Å²) in [4.78, 5) is 25.1. The van der Waals surface area contributed by atoms with Gasteiger partial charge in [-0.3, -0.25) is 9.59 Å². The number of H-pyrrole nitrogens is 1. The van der Waals surface area contributed by atoms with Crippen LogP contribution in [0.5, 0.6) is 0 Å². The number of benzene rings is 2. The zero-order chi connectivity index (χ0) is 18.0. The molecule has 0 radical (unpaired) electrons. The minimum absolute atomic E-state index is 0.0124. The summed E-state index contributed by atoms with van der Waals surface area (Å²) in [7, 11) is 0. The van der Waals surface area contributed by atoms with E-state index in [2.05, 4.69) is 22.2 Å². The van der Waals surface area contributed by atoms with E-state index in [1.54, 1.807) is 24.4 Å². The van der Waals surface area contributed by atoms with Crippen molar-refractivity contribution in [3.63, 3.8) is 0 Å².